The van der Waals surface area contributed by atoms with Crippen LogP contribution in [0.2, 0.25) is 0 Å². The first kappa shape index (κ1) is 14.6. The molecule has 4 nitrogen and oxygen atoms in total. The number of nitrogens with one attached hydrogen (secondary N) is 1. The molecule has 102 valence electrons. The summed E-state index contributed by atoms with van der Waals surface area (Å²) in [6.07, 6.45) is 5.71. The summed E-state index contributed by atoms with van der Waals surface area (Å²) in [5.41, 5.74) is -0.302. The summed E-state index contributed by atoms with van der Waals surface area (Å²) in [4.78, 5) is 11.7. The van der Waals surface area contributed by atoms with Gasteiger partial charge in [-0.25, -0.2) is 0 Å². The summed E-state index contributed by atoms with van der Waals surface area (Å²) >= 11 is 0. The number of ether oxygens (including phenoxy) is 2. The molecule has 0 bridgehead atoms. The second kappa shape index (κ2) is 5.94. The SMILES string of the molecule is C=C(NC1C=CCCC1C(=O)OC)OC(C)(C)C. The van der Waals surface area contributed by atoms with Crippen LogP contribution >= 0.6 is 0 Å². The lowest BCUT2D eigenvalue weighted by atomic mass is 9.89. The molecule has 2 unspecified atom stereocenters. The average molecular weight is 253 g/mol. The van der Waals surface area contributed by atoms with Gasteiger partial charge in [-0.05, 0) is 40.2 Å². The van der Waals surface area contributed by atoms with Gasteiger partial charge in [0.25, 0.3) is 0 Å². The van der Waals surface area contributed by atoms with Gasteiger partial charge in [0.1, 0.15) is 5.60 Å². The molecule has 0 radical (unpaired) electrons. The fourth-order valence-corrected chi connectivity index (χ4v) is 1.98. The van der Waals surface area contributed by atoms with Crippen molar-refractivity contribution in [3.05, 3.63) is 24.6 Å². The van der Waals surface area contributed by atoms with Crippen molar-refractivity contribution in [2.24, 2.45) is 5.92 Å². The van der Waals surface area contributed by atoms with E-state index in [0.717, 1.165) is 12.8 Å². The number of hydrogen-bond acceptors (Lipinski definition) is 4. The van der Waals surface area contributed by atoms with E-state index in [4.69, 9.17) is 9.47 Å². The lowest BCUT2D eigenvalue weighted by Crippen LogP contribution is -2.41. The molecule has 0 aliphatic heterocycles. The Labute approximate surface area is 109 Å². The van der Waals surface area contributed by atoms with Crippen LogP contribution in [0.4, 0.5) is 0 Å². The molecular formula is C14H23NO3. The molecule has 1 N–H and O–H groups in total. The number of esters is 1. The van der Waals surface area contributed by atoms with Crippen LogP contribution in [0.1, 0.15) is 33.6 Å². The van der Waals surface area contributed by atoms with Crippen LogP contribution in [-0.2, 0) is 14.3 Å². The highest BCUT2D eigenvalue weighted by atomic mass is 16.5. The van der Waals surface area contributed by atoms with Crippen molar-refractivity contribution in [1.29, 1.82) is 0 Å². The first-order valence-corrected chi connectivity index (χ1v) is 6.22. The Bertz CT molecular complexity index is 341. The summed E-state index contributed by atoms with van der Waals surface area (Å²) < 4.78 is 10.4. The van der Waals surface area contributed by atoms with Crippen molar-refractivity contribution in [1.82, 2.24) is 5.32 Å². The summed E-state index contributed by atoms with van der Waals surface area (Å²) in [6, 6.07) is -0.110. The zero-order valence-electron chi connectivity index (χ0n) is 11.7. The minimum absolute atomic E-state index is 0.110. The van der Waals surface area contributed by atoms with Gasteiger partial charge in [0.05, 0.1) is 19.1 Å². The van der Waals surface area contributed by atoms with Gasteiger partial charge in [-0.2, -0.15) is 0 Å². The van der Waals surface area contributed by atoms with Crippen molar-refractivity contribution < 1.29 is 14.3 Å². The number of carbonyl (C=O) groups is 1. The molecule has 1 aliphatic carbocycles. The van der Waals surface area contributed by atoms with E-state index in [-0.39, 0.29) is 23.5 Å². The van der Waals surface area contributed by atoms with Gasteiger partial charge in [-0.15, -0.1) is 0 Å². The van der Waals surface area contributed by atoms with E-state index >= 15 is 0 Å². The lowest BCUT2D eigenvalue weighted by Gasteiger charge is -2.30. The van der Waals surface area contributed by atoms with E-state index in [2.05, 4.69) is 18.0 Å². The lowest BCUT2D eigenvalue weighted by molar-refractivity contribution is -0.146. The van der Waals surface area contributed by atoms with E-state index in [9.17, 15) is 4.79 Å². The Hall–Kier alpha value is -1.45. The van der Waals surface area contributed by atoms with Crippen molar-refractivity contribution in [3.8, 4) is 0 Å². The largest absolute Gasteiger partial charge is 0.474 e. The van der Waals surface area contributed by atoms with E-state index in [1.54, 1.807) is 0 Å². The molecule has 0 aromatic heterocycles. The number of rotatable bonds is 4. The van der Waals surface area contributed by atoms with Gasteiger partial charge in [-0.1, -0.05) is 12.2 Å². The average Bonchev–Trinajstić information content (AvgIpc) is 2.26. The molecular weight excluding hydrogens is 230 g/mol. The quantitative estimate of drug-likeness (QED) is 0.475. The minimum Gasteiger partial charge on any atom is -0.474 e. The van der Waals surface area contributed by atoms with Crippen LogP contribution in [0, 0.1) is 5.92 Å². The molecule has 18 heavy (non-hydrogen) atoms. The molecule has 0 fully saturated rings. The normalized spacial score (nSPS) is 23.3. The van der Waals surface area contributed by atoms with Crippen LogP contribution in [0.5, 0.6) is 0 Å². The Balaban J connectivity index is 2.62. The molecule has 0 heterocycles. The molecule has 1 rings (SSSR count). The molecule has 0 saturated carbocycles. The maximum Gasteiger partial charge on any atom is 0.311 e. The van der Waals surface area contributed by atoms with Gasteiger partial charge in [0.15, 0.2) is 5.88 Å². The first-order chi connectivity index (χ1) is 8.33. The third-order valence-corrected chi connectivity index (χ3v) is 2.68. The predicted octanol–water partition coefficient (Wildman–Crippen LogP) is 2.37. The topological polar surface area (TPSA) is 47.6 Å². The molecule has 4 heteroatoms. The third-order valence-electron chi connectivity index (χ3n) is 2.68. The zero-order chi connectivity index (χ0) is 13.8. The summed E-state index contributed by atoms with van der Waals surface area (Å²) in [6.45, 7) is 9.69. The second-order valence-corrected chi connectivity index (χ2v) is 5.44. The molecule has 0 aromatic rings. The highest BCUT2D eigenvalue weighted by Crippen LogP contribution is 2.22. The van der Waals surface area contributed by atoms with Crippen molar-refractivity contribution in [2.45, 2.75) is 45.3 Å². The fourth-order valence-electron chi connectivity index (χ4n) is 1.98. The monoisotopic (exact) mass is 253 g/mol. The zero-order valence-corrected chi connectivity index (χ0v) is 11.7. The number of hydrogen-bond donors (Lipinski definition) is 1. The van der Waals surface area contributed by atoms with E-state index < -0.39 is 0 Å². The Kier molecular flexibility index (Phi) is 4.82. The highest BCUT2D eigenvalue weighted by Gasteiger charge is 2.30. The number of allylic oxidation sites excluding steroid dienone is 1. The predicted molar refractivity (Wildman–Crippen MR) is 70.8 cm³/mol. The Morgan fingerprint density at radius 1 is 1.44 bits per heavy atom. The van der Waals surface area contributed by atoms with Crippen molar-refractivity contribution in [3.63, 3.8) is 0 Å². The van der Waals surface area contributed by atoms with E-state index in [1.165, 1.54) is 7.11 Å². The highest BCUT2D eigenvalue weighted by molar-refractivity contribution is 5.73. The molecule has 0 aromatic carbocycles. The van der Waals surface area contributed by atoms with Crippen LogP contribution < -0.4 is 5.32 Å². The standard InChI is InChI=1S/C14H23NO3/c1-10(18-14(2,3)4)15-12-9-7-6-8-11(12)13(16)17-5/h7,9,11-12,15H,1,6,8H2,2-5H3. The van der Waals surface area contributed by atoms with Gasteiger partial charge < -0.3 is 14.8 Å². The van der Waals surface area contributed by atoms with Crippen LogP contribution in [0.3, 0.4) is 0 Å². The van der Waals surface area contributed by atoms with Gasteiger partial charge in [0.2, 0.25) is 0 Å². The molecule has 0 spiro atoms. The van der Waals surface area contributed by atoms with E-state index in [0.29, 0.717) is 5.88 Å². The summed E-state index contributed by atoms with van der Waals surface area (Å²) in [5.74, 6) is 0.105. The molecule has 0 saturated heterocycles. The van der Waals surface area contributed by atoms with Crippen molar-refractivity contribution >= 4 is 5.97 Å². The van der Waals surface area contributed by atoms with Crippen LogP contribution in [-0.4, -0.2) is 24.7 Å². The fraction of sp³-hybridized carbons (Fsp3) is 0.643. The summed E-state index contributed by atoms with van der Waals surface area (Å²) in [7, 11) is 1.41. The first-order valence-electron chi connectivity index (χ1n) is 6.22. The Morgan fingerprint density at radius 3 is 2.67 bits per heavy atom. The van der Waals surface area contributed by atoms with Crippen molar-refractivity contribution in [2.75, 3.05) is 7.11 Å². The Morgan fingerprint density at radius 2 is 2.11 bits per heavy atom. The summed E-state index contributed by atoms with van der Waals surface area (Å²) in [5, 5.41) is 3.14. The second-order valence-electron chi connectivity index (χ2n) is 5.44. The number of methoxy groups -OCH3 is 1. The smallest absolute Gasteiger partial charge is 0.311 e. The maximum atomic E-state index is 11.7. The van der Waals surface area contributed by atoms with Gasteiger partial charge in [0, 0.05) is 0 Å². The van der Waals surface area contributed by atoms with Crippen LogP contribution in [0.15, 0.2) is 24.6 Å². The molecule has 1 aliphatic rings. The molecule has 0 amide bonds. The van der Waals surface area contributed by atoms with Gasteiger partial charge in [-0.3, -0.25) is 4.79 Å². The number of carbonyl (C=O) groups excluding carboxylic acids is 1. The molecule has 2 atom stereocenters. The van der Waals surface area contributed by atoms with E-state index in [1.807, 2.05) is 26.8 Å². The third kappa shape index (κ3) is 4.43. The van der Waals surface area contributed by atoms with Crippen LogP contribution in [0.25, 0.3) is 0 Å². The minimum atomic E-state index is -0.302. The van der Waals surface area contributed by atoms with Gasteiger partial charge >= 0.3 is 5.97 Å². The maximum absolute atomic E-state index is 11.7.